The molecule has 6 nitrogen and oxygen atoms in total. The molecule has 2 rings (SSSR count). The highest BCUT2D eigenvalue weighted by Gasteiger charge is 2.25. The zero-order valence-electron chi connectivity index (χ0n) is 15.0. The first-order chi connectivity index (χ1) is 12.4. The molecule has 0 spiro atoms. The van der Waals surface area contributed by atoms with E-state index in [0.717, 1.165) is 5.56 Å². The van der Waals surface area contributed by atoms with Gasteiger partial charge in [-0.15, -0.1) is 0 Å². The van der Waals surface area contributed by atoms with Crippen LogP contribution in [0.25, 0.3) is 0 Å². The molecule has 144 valence electrons. The molecule has 8 heteroatoms. The number of amides is 2. The molecule has 26 heavy (non-hydrogen) atoms. The van der Waals surface area contributed by atoms with Gasteiger partial charge in [0.25, 0.3) is 5.91 Å². The third kappa shape index (κ3) is 5.68. The monoisotopic (exact) mass is 402 g/mol. The number of ether oxygens (including phenoxy) is 2. The van der Waals surface area contributed by atoms with Gasteiger partial charge in [0, 0.05) is 25.6 Å². The van der Waals surface area contributed by atoms with Crippen molar-refractivity contribution in [3.8, 4) is 11.5 Å². The number of benzene rings is 1. The fourth-order valence-electron chi connectivity index (χ4n) is 2.98. The van der Waals surface area contributed by atoms with Crippen molar-refractivity contribution in [1.29, 1.82) is 0 Å². The number of nitrogens with zero attached hydrogens (tertiary/aromatic N) is 1. The number of alkyl halides is 2. The predicted molar refractivity (Wildman–Crippen MR) is 101 cm³/mol. The smallest absolute Gasteiger partial charge is 0.253 e. The van der Waals surface area contributed by atoms with Crippen LogP contribution < -0.4 is 14.8 Å². The van der Waals surface area contributed by atoms with Crippen LogP contribution in [0.4, 0.5) is 0 Å². The number of aryl methyl sites for hydroxylation is 1. The van der Waals surface area contributed by atoms with Crippen LogP contribution >= 0.6 is 23.2 Å². The molecule has 2 amide bonds. The normalized spacial score (nSPS) is 15.0. The summed E-state index contributed by atoms with van der Waals surface area (Å²) in [5, 5.41) is 2.79. The number of hydrogen-bond donors (Lipinski definition) is 1. The van der Waals surface area contributed by atoms with Crippen molar-refractivity contribution >= 4 is 35.0 Å². The lowest BCUT2D eigenvalue weighted by Gasteiger charge is -2.32. The Morgan fingerprint density at radius 3 is 2.42 bits per heavy atom. The third-order valence-electron chi connectivity index (χ3n) is 4.47. The van der Waals surface area contributed by atoms with Gasteiger partial charge in [-0.25, -0.2) is 0 Å². The van der Waals surface area contributed by atoms with Crippen LogP contribution in [-0.2, 0) is 16.0 Å². The van der Waals surface area contributed by atoms with E-state index in [1.807, 2.05) is 23.1 Å². The molecule has 1 fully saturated rings. The molecule has 1 N–H and O–H groups in total. The molecule has 1 aromatic rings. The van der Waals surface area contributed by atoms with Crippen LogP contribution in [0.1, 0.15) is 24.8 Å². The van der Waals surface area contributed by atoms with Crippen LogP contribution in [0.15, 0.2) is 18.2 Å². The molecular formula is C18H24Cl2N2O4. The van der Waals surface area contributed by atoms with Gasteiger partial charge < -0.3 is 19.7 Å². The Labute approximate surface area is 163 Å². The molecular weight excluding hydrogens is 379 g/mol. The maximum atomic E-state index is 12.4. The summed E-state index contributed by atoms with van der Waals surface area (Å²) in [5.41, 5.74) is 1.02. The van der Waals surface area contributed by atoms with Crippen molar-refractivity contribution in [2.24, 2.45) is 0 Å². The summed E-state index contributed by atoms with van der Waals surface area (Å²) in [5.74, 6) is 1.05. The molecule has 0 radical (unpaired) electrons. The molecule has 0 bridgehead atoms. The number of carbonyl (C=O) groups is 2. The van der Waals surface area contributed by atoms with Gasteiger partial charge in [-0.1, -0.05) is 29.3 Å². The number of piperidine rings is 1. The summed E-state index contributed by atoms with van der Waals surface area (Å²) >= 11 is 11.1. The van der Waals surface area contributed by atoms with Gasteiger partial charge in [0.15, 0.2) is 16.3 Å². The van der Waals surface area contributed by atoms with E-state index in [1.165, 1.54) is 0 Å². The van der Waals surface area contributed by atoms with Gasteiger partial charge in [-0.3, -0.25) is 9.59 Å². The zero-order chi connectivity index (χ0) is 19.1. The fraction of sp³-hybridized carbons (Fsp3) is 0.556. The highest BCUT2D eigenvalue weighted by Crippen LogP contribution is 2.28. The number of carbonyl (C=O) groups excluding carboxylic acids is 2. The Morgan fingerprint density at radius 2 is 1.85 bits per heavy atom. The number of hydrogen-bond acceptors (Lipinski definition) is 4. The highest BCUT2D eigenvalue weighted by atomic mass is 35.5. The predicted octanol–water partition coefficient (Wildman–Crippen LogP) is 2.55. The topological polar surface area (TPSA) is 67.9 Å². The van der Waals surface area contributed by atoms with Crippen molar-refractivity contribution in [2.45, 2.75) is 36.6 Å². The lowest BCUT2D eigenvalue weighted by Crippen LogP contribution is -2.47. The molecule has 1 heterocycles. The largest absolute Gasteiger partial charge is 0.493 e. The summed E-state index contributed by atoms with van der Waals surface area (Å²) < 4.78 is 10.5. The minimum absolute atomic E-state index is 0.0115. The van der Waals surface area contributed by atoms with Gasteiger partial charge in [0.1, 0.15) is 0 Å². The molecule has 0 saturated carbocycles. The van der Waals surface area contributed by atoms with E-state index in [2.05, 4.69) is 5.32 Å². The van der Waals surface area contributed by atoms with E-state index < -0.39 is 4.84 Å². The quantitative estimate of drug-likeness (QED) is 0.711. The number of methoxy groups -OCH3 is 2. The van der Waals surface area contributed by atoms with Crippen LogP contribution in [0.2, 0.25) is 0 Å². The minimum atomic E-state index is -1.06. The molecule has 0 unspecified atom stereocenters. The van der Waals surface area contributed by atoms with Gasteiger partial charge in [0.2, 0.25) is 5.91 Å². The van der Waals surface area contributed by atoms with E-state index in [4.69, 9.17) is 32.7 Å². The summed E-state index contributed by atoms with van der Waals surface area (Å²) in [4.78, 5) is 24.7. The lowest BCUT2D eigenvalue weighted by atomic mass is 10.0. The number of halogens is 2. The molecule has 0 aliphatic carbocycles. The van der Waals surface area contributed by atoms with E-state index in [0.29, 0.717) is 50.3 Å². The Hall–Kier alpha value is -1.66. The average Bonchev–Trinajstić information content (AvgIpc) is 2.66. The molecule has 0 atom stereocenters. The first-order valence-electron chi connectivity index (χ1n) is 8.51. The first-order valence-corrected chi connectivity index (χ1v) is 9.39. The Morgan fingerprint density at radius 1 is 1.19 bits per heavy atom. The van der Waals surface area contributed by atoms with Crippen molar-refractivity contribution in [3.05, 3.63) is 23.8 Å². The minimum Gasteiger partial charge on any atom is -0.493 e. The summed E-state index contributed by atoms with van der Waals surface area (Å²) in [6.45, 7) is 1.23. The van der Waals surface area contributed by atoms with Crippen LogP contribution in [0, 0.1) is 0 Å². The molecule has 1 aromatic carbocycles. The van der Waals surface area contributed by atoms with E-state index in [1.54, 1.807) is 14.2 Å². The van der Waals surface area contributed by atoms with Crippen LogP contribution in [0.5, 0.6) is 11.5 Å². The Bertz CT molecular complexity index is 632. The SMILES string of the molecule is COc1ccc(CCC(=O)N2CCC(NC(=O)C(Cl)Cl)CC2)cc1OC. The van der Waals surface area contributed by atoms with Crippen LogP contribution in [-0.4, -0.2) is 54.9 Å². The second-order valence-corrected chi connectivity index (χ2v) is 7.25. The first kappa shape index (κ1) is 20.6. The second kappa shape index (κ2) is 9.88. The number of likely N-dealkylation sites (tertiary alicyclic amines) is 1. The standard InChI is InChI=1S/C18H24Cl2N2O4/c1-25-14-5-3-12(11-15(14)26-2)4-6-16(23)22-9-7-13(8-10-22)21-18(24)17(19)20/h3,5,11,13,17H,4,6-10H2,1-2H3,(H,21,24). The second-order valence-electron chi connectivity index (χ2n) is 6.15. The van der Waals surface area contributed by atoms with Crippen molar-refractivity contribution in [1.82, 2.24) is 10.2 Å². The summed E-state index contributed by atoms with van der Waals surface area (Å²) in [6.07, 6.45) is 2.47. The van der Waals surface area contributed by atoms with Crippen molar-refractivity contribution < 1.29 is 19.1 Å². The zero-order valence-corrected chi connectivity index (χ0v) is 16.5. The summed E-state index contributed by atoms with van der Waals surface area (Å²) in [7, 11) is 3.18. The van der Waals surface area contributed by atoms with Gasteiger partial charge >= 0.3 is 0 Å². The van der Waals surface area contributed by atoms with Gasteiger partial charge in [-0.2, -0.15) is 0 Å². The maximum Gasteiger partial charge on any atom is 0.253 e. The van der Waals surface area contributed by atoms with E-state index in [-0.39, 0.29) is 17.9 Å². The van der Waals surface area contributed by atoms with Crippen LogP contribution in [0.3, 0.4) is 0 Å². The number of rotatable bonds is 7. The average molecular weight is 403 g/mol. The fourth-order valence-corrected chi connectivity index (χ4v) is 3.11. The van der Waals surface area contributed by atoms with E-state index >= 15 is 0 Å². The Balaban J connectivity index is 1.80. The molecule has 1 aliphatic rings. The van der Waals surface area contributed by atoms with Crippen molar-refractivity contribution in [3.63, 3.8) is 0 Å². The molecule has 1 aliphatic heterocycles. The molecule has 1 saturated heterocycles. The third-order valence-corrected chi connectivity index (χ3v) is 4.86. The number of nitrogens with one attached hydrogen (secondary N) is 1. The maximum absolute atomic E-state index is 12.4. The van der Waals surface area contributed by atoms with Gasteiger partial charge in [0.05, 0.1) is 14.2 Å². The molecule has 0 aromatic heterocycles. The highest BCUT2D eigenvalue weighted by molar-refractivity contribution is 6.53. The van der Waals surface area contributed by atoms with E-state index in [9.17, 15) is 9.59 Å². The lowest BCUT2D eigenvalue weighted by molar-refractivity contribution is -0.132. The van der Waals surface area contributed by atoms with Gasteiger partial charge in [-0.05, 0) is 37.0 Å². The summed E-state index contributed by atoms with van der Waals surface area (Å²) in [6, 6.07) is 5.68. The Kier molecular flexibility index (Phi) is 7.85. The van der Waals surface area contributed by atoms with Crippen molar-refractivity contribution in [2.75, 3.05) is 27.3 Å².